The second-order valence-electron chi connectivity index (χ2n) is 5.50. The Morgan fingerprint density at radius 2 is 2.10 bits per heavy atom. The Bertz CT molecular complexity index is 504. The van der Waals surface area contributed by atoms with E-state index in [0.717, 1.165) is 17.0 Å². The van der Waals surface area contributed by atoms with E-state index in [-0.39, 0.29) is 23.7 Å². The molecule has 2 atom stereocenters. The van der Waals surface area contributed by atoms with Crippen LogP contribution in [0.2, 0.25) is 0 Å². The molecule has 0 aromatic carbocycles. The number of H-pyrrole nitrogens is 1. The van der Waals surface area contributed by atoms with E-state index in [0.29, 0.717) is 19.5 Å². The van der Waals surface area contributed by atoms with Crippen molar-refractivity contribution in [1.29, 1.82) is 0 Å². The third-order valence-electron chi connectivity index (χ3n) is 4.08. The molecule has 1 aromatic rings. The van der Waals surface area contributed by atoms with Gasteiger partial charge in [0.15, 0.2) is 0 Å². The maximum atomic E-state index is 12.4. The second kappa shape index (κ2) is 5.64. The van der Waals surface area contributed by atoms with Gasteiger partial charge in [-0.05, 0) is 19.8 Å². The molecule has 1 fully saturated rings. The molecule has 0 saturated carbocycles. The number of aromatic amines is 1. The highest BCUT2D eigenvalue weighted by atomic mass is 16.5. The molecule has 6 heteroatoms. The third kappa shape index (κ3) is 2.69. The topological polar surface area (TPSA) is 75.3 Å². The van der Waals surface area contributed by atoms with Gasteiger partial charge < -0.3 is 9.64 Å². The van der Waals surface area contributed by atoms with E-state index in [9.17, 15) is 9.59 Å². The van der Waals surface area contributed by atoms with Crippen molar-refractivity contribution in [2.45, 2.75) is 27.2 Å². The van der Waals surface area contributed by atoms with E-state index in [2.05, 4.69) is 10.2 Å². The lowest BCUT2D eigenvalue weighted by Gasteiger charge is -2.16. The molecule has 110 valence electrons. The van der Waals surface area contributed by atoms with Crippen LogP contribution < -0.4 is 0 Å². The summed E-state index contributed by atoms with van der Waals surface area (Å²) in [5.41, 5.74) is 2.73. The van der Waals surface area contributed by atoms with Crippen LogP contribution >= 0.6 is 0 Å². The Kier molecular flexibility index (Phi) is 4.11. The molecule has 1 amide bonds. The number of nitrogens with zero attached hydrogens (tertiary/aromatic N) is 2. The van der Waals surface area contributed by atoms with Crippen molar-refractivity contribution < 1.29 is 14.3 Å². The van der Waals surface area contributed by atoms with Gasteiger partial charge in [0, 0.05) is 24.3 Å². The van der Waals surface area contributed by atoms with Crippen LogP contribution in [-0.2, 0) is 20.7 Å². The van der Waals surface area contributed by atoms with E-state index in [1.54, 1.807) is 4.90 Å². The van der Waals surface area contributed by atoms with E-state index < -0.39 is 0 Å². The second-order valence-corrected chi connectivity index (χ2v) is 5.50. The average molecular weight is 279 g/mol. The van der Waals surface area contributed by atoms with Gasteiger partial charge >= 0.3 is 5.97 Å². The molecule has 2 rings (SSSR count). The lowest BCUT2D eigenvalue weighted by Crippen LogP contribution is -2.31. The molecule has 0 bridgehead atoms. The van der Waals surface area contributed by atoms with Gasteiger partial charge in [-0.25, -0.2) is 0 Å². The van der Waals surface area contributed by atoms with Crippen LogP contribution in [-0.4, -0.2) is 47.2 Å². The van der Waals surface area contributed by atoms with Crippen molar-refractivity contribution in [2.75, 3.05) is 20.2 Å². The summed E-state index contributed by atoms with van der Waals surface area (Å²) in [5.74, 6) is -0.271. The van der Waals surface area contributed by atoms with Gasteiger partial charge in [0.25, 0.3) is 0 Å². The zero-order valence-corrected chi connectivity index (χ0v) is 12.4. The molecule has 0 radical (unpaired) electrons. The molecule has 1 saturated heterocycles. The first-order valence-corrected chi connectivity index (χ1v) is 6.80. The van der Waals surface area contributed by atoms with Gasteiger partial charge in [-0.2, -0.15) is 5.10 Å². The molecular formula is C14H21N3O3. The lowest BCUT2D eigenvalue weighted by atomic mass is 9.99. The number of rotatable bonds is 3. The number of aromatic nitrogens is 2. The number of methoxy groups -OCH3 is 1. The summed E-state index contributed by atoms with van der Waals surface area (Å²) < 4.78 is 4.78. The monoisotopic (exact) mass is 279 g/mol. The standard InChI is InChI=1S/C14H21N3O3/c1-8-6-17(7-12(8)14(19)20-4)13(18)5-11-9(2)15-16-10(11)3/h8,12H,5-7H2,1-4H3,(H,15,16). The molecule has 1 aromatic heterocycles. The quantitative estimate of drug-likeness (QED) is 0.832. The third-order valence-corrected chi connectivity index (χ3v) is 4.08. The SMILES string of the molecule is COC(=O)C1CN(C(=O)Cc2c(C)n[nH]c2C)CC1C. The summed E-state index contributed by atoms with van der Waals surface area (Å²) in [5, 5.41) is 6.98. The smallest absolute Gasteiger partial charge is 0.310 e. The molecule has 20 heavy (non-hydrogen) atoms. The molecule has 1 aliphatic heterocycles. The summed E-state index contributed by atoms with van der Waals surface area (Å²) >= 11 is 0. The molecule has 0 spiro atoms. The first-order chi connectivity index (χ1) is 9.43. The summed E-state index contributed by atoms with van der Waals surface area (Å²) in [7, 11) is 1.39. The number of hydrogen-bond acceptors (Lipinski definition) is 4. The van der Waals surface area contributed by atoms with Gasteiger partial charge in [0.05, 0.1) is 25.1 Å². The number of hydrogen-bond donors (Lipinski definition) is 1. The molecule has 2 heterocycles. The fourth-order valence-electron chi connectivity index (χ4n) is 2.73. The Morgan fingerprint density at radius 1 is 1.40 bits per heavy atom. The minimum absolute atomic E-state index is 0.0378. The highest BCUT2D eigenvalue weighted by Gasteiger charge is 2.37. The first-order valence-electron chi connectivity index (χ1n) is 6.80. The van der Waals surface area contributed by atoms with Crippen LogP contribution in [0, 0.1) is 25.7 Å². The van der Waals surface area contributed by atoms with Crippen molar-refractivity contribution in [2.24, 2.45) is 11.8 Å². The van der Waals surface area contributed by atoms with Gasteiger partial charge in [0.1, 0.15) is 0 Å². The first kappa shape index (κ1) is 14.6. The van der Waals surface area contributed by atoms with Crippen molar-refractivity contribution in [3.8, 4) is 0 Å². The zero-order chi connectivity index (χ0) is 14.9. The summed E-state index contributed by atoms with van der Waals surface area (Å²) in [6.45, 7) is 6.82. The predicted molar refractivity (Wildman–Crippen MR) is 73.0 cm³/mol. The van der Waals surface area contributed by atoms with Gasteiger partial charge in [-0.3, -0.25) is 14.7 Å². The summed E-state index contributed by atoms with van der Waals surface area (Å²) in [4.78, 5) is 25.7. The van der Waals surface area contributed by atoms with Crippen LogP contribution in [0.25, 0.3) is 0 Å². The maximum absolute atomic E-state index is 12.4. The lowest BCUT2D eigenvalue weighted by molar-refractivity contribution is -0.146. The van der Waals surface area contributed by atoms with E-state index >= 15 is 0 Å². The molecular weight excluding hydrogens is 258 g/mol. The number of esters is 1. The molecule has 6 nitrogen and oxygen atoms in total. The van der Waals surface area contributed by atoms with Crippen LogP contribution in [0.3, 0.4) is 0 Å². The molecule has 1 N–H and O–H groups in total. The maximum Gasteiger partial charge on any atom is 0.310 e. The van der Waals surface area contributed by atoms with E-state index in [4.69, 9.17) is 4.74 Å². The number of carbonyl (C=O) groups is 2. The number of ether oxygens (including phenoxy) is 1. The fourth-order valence-corrected chi connectivity index (χ4v) is 2.73. The normalized spacial score (nSPS) is 22.1. The Morgan fingerprint density at radius 3 is 2.65 bits per heavy atom. The summed E-state index contributed by atoms with van der Waals surface area (Å²) in [6, 6.07) is 0. The molecule has 1 aliphatic rings. The van der Waals surface area contributed by atoms with E-state index in [1.807, 2.05) is 20.8 Å². The Labute approximate surface area is 118 Å². The van der Waals surface area contributed by atoms with Gasteiger partial charge in [0.2, 0.25) is 5.91 Å². The van der Waals surface area contributed by atoms with Crippen molar-refractivity contribution >= 4 is 11.9 Å². The largest absolute Gasteiger partial charge is 0.469 e. The molecule has 0 aliphatic carbocycles. The summed E-state index contributed by atoms with van der Waals surface area (Å²) in [6.07, 6.45) is 0.328. The number of amides is 1. The van der Waals surface area contributed by atoms with Crippen LogP contribution in [0.5, 0.6) is 0 Å². The number of likely N-dealkylation sites (tertiary alicyclic amines) is 1. The minimum atomic E-state index is -0.233. The van der Waals surface area contributed by atoms with Crippen molar-refractivity contribution in [1.82, 2.24) is 15.1 Å². The van der Waals surface area contributed by atoms with Crippen molar-refractivity contribution in [3.63, 3.8) is 0 Å². The van der Waals surface area contributed by atoms with Crippen LogP contribution in [0.4, 0.5) is 0 Å². The van der Waals surface area contributed by atoms with E-state index in [1.165, 1.54) is 7.11 Å². The highest BCUT2D eigenvalue weighted by Crippen LogP contribution is 2.25. The Balaban J connectivity index is 2.03. The number of aryl methyl sites for hydroxylation is 2. The predicted octanol–water partition coefficient (Wildman–Crippen LogP) is 0.837. The highest BCUT2D eigenvalue weighted by molar-refractivity contribution is 5.81. The minimum Gasteiger partial charge on any atom is -0.469 e. The number of carbonyl (C=O) groups excluding carboxylic acids is 2. The fraction of sp³-hybridized carbons (Fsp3) is 0.643. The van der Waals surface area contributed by atoms with Crippen LogP contribution in [0.1, 0.15) is 23.9 Å². The molecule has 2 unspecified atom stereocenters. The van der Waals surface area contributed by atoms with Gasteiger partial charge in [-0.1, -0.05) is 6.92 Å². The van der Waals surface area contributed by atoms with Crippen molar-refractivity contribution in [3.05, 3.63) is 17.0 Å². The van der Waals surface area contributed by atoms with Gasteiger partial charge in [-0.15, -0.1) is 0 Å². The number of nitrogens with one attached hydrogen (secondary N) is 1. The Hall–Kier alpha value is -1.85. The average Bonchev–Trinajstić information content (AvgIpc) is 2.95. The zero-order valence-electron chi connectivity index (χ0n) is 12.4. The van der Waals surface area contributed by atoms with Crippen LogP contribution in [0.15, 0.2) is 0 Å².